The molecule has 0 aromatic heterocycles. The van der Waals surface area contributed by atoms with Gasteiger partial charge in [-0.05, 0) is 42.8 Å². The highest BCUT2D eigenvalue weighted by Crippen LogP contribution is 2.23. The lowest BCUT2D eigenvalue weighted by Gasteiger charge is -2.17. The van der Waals surface area contributed by atoms with Crippen molar-refractivity contribution in [2.45, 2.75) is 13.0 Å². The molecule has 19 heavy (non-hydrogen) atoms. The fourth-order valence-electron chi connectivity index (χ4n) is 1.85. The van der Waals surface area contributed by atoms with Gasteiger partial charge in [-0.15, -0.1) is 0 Å². The number of nitrogens with zero attached hydrogens (tertiary/aromatic N) is 1. The van der Waals surface area contributed by atoms with E-state index in [-0.39, 0.29) is 11.9 Å². The molecule has 0 radical (unpaired) electrons. The fraction of sp³-hybridized carbons (Fsp3) is 0.133. The maximum absolute atomic E-state index is 12.9. The maximum Gasteiger partial charge on any atom is 0.123 e. The summed E-state index contributed by atoms with van der Waals surface area (Å²) in [5, 5.41) is 12.3. The maximum atomic E-state index is 12.9. The summed E-state index contributed by atoms with van der Waals surface area (Å²) in [7, 11) is 0. The number of nitrogens with one attached hydrogen (secondary N) is 1. The molecule has 0 aliphatic heterocycles. The Morgan fingerprint density at radius 2 is 1.89 bits per heavy atom. The van der Waals surface area contributed by atoms with Crippen LogP contribution in [0.2, 0.25) is 0 Å². The lowest BCUT2D eigenvalue weighted by molar-refractivity contribution is 0.626. The quantitative estimate of drug-likeness (QED) is 0.826. The summed E-state index contributed by atoms with van der Waals surface area (Å²) in [6, 6.07) is 13.5. The van der Waals surface area contributed by atoms with E-state index in [0.717, 1.165) is 5.56 Å². The van der Waals surface area contributed by atoms with E-state index in [4.69, 9.17) is 11.0 Å². The van der Waals surface area contributed by atoms with Crippen LogP contribution < -0.4 is 11.1 Å². The van der Waals surface area contributed by atoms with E-state index >= 15 is 0 Å². The van der Waals surface area contributed by atoms with Gasteiger partial charge in [0.2, 0.25) is 0 Å². The molecule has 0 amide bonds. The van der Waals surface area contributed by atoms with E-state index in [9.17, 15) is 4.39 Å². The Hall–Kier alpha value is -2.54. The van der Waals surface area contributed by atoms with Crippen molar-refractivity contribution >= 4 is 11.4 Å². The predicted octanol–water partition coefficient (Wildman–Crippen LogP) is 3.45. The normalized spacial score (nSPS) is 11.6. The van der Waals surface area contributed by atoms with Gasteiger partial charge in [-0.25, -0.2) is 4.39 Å². The lowest BCUT2D eigenvalue weighted by Crippen LogP contribution is -2.08. The molecule has 1 atom stereocenters. The van der Waals surface area contributed by atoms with Gasteiger partial charge in [0.1, 0.15) is 11.9 Å². The van der Waals surface area contributed by atoms with Crippen LogP contribution in [0.5, 0.6) is 0 Å². The number of nitrogens with two attached hydrogens (primary N) is 1. The Labute approximate surface area is 111 Å². The molecule has 1 unspecified atom stereocenters. The molecule has 0 spiro atoms. The molecule has 3 N–H and O–H groups in total. The number of halogens is 1. The molecule has 0 saturated carbocycles. The molecule has 0 bridgehead atoms. The minimum Gasteiger partial charge on any atom is -0.399 e. The summed E-state index contributed by atoms with van der Waals surface area (Å²) in [5.74, 6) is -0.263. The van der Waals surface area contributed by atoms with Gasteiger partial charge in [-0.1, -0.05) is 12.1 Å². The molecule has 2 aromatic rings. The lowest BCUT2D eigenvalue weighted by atomic mass is 10.1. The van der Waals surface area contributed by atoms with Crippen molar-refractivity contribution < 1.29 is 4.39 Å². The van der Waals surface area contributed by atoms with Gasteiger partial charge in [0.05, 0.1) is 11.3 Å². The Bertz CT molecular complexity index is 614. The zero-order valence-electron chi connectivity index (χ0n) is 10.5. The first-order valence-electron chi connectivity index (χ1n) is 5.92. The Balaban J connectivity index is 2.21. The summed E-state index contributed by atoms with van der Waals surface area (Å²) >= 11 is 0. The van der Waals surface area contributed by atoms with Gasteiger partial charge in [-0.2, -0.15) is 5.26 Å². The molecular weight excluding hydrogens is 241 g/mol. The highest BCUT2D eigenvalue weighted by atomic mass is 19.1. The number of hydrogen-bond donors (Lipinski definition) is 2. The summed E-state index contributed by atoms with van der Waals surface area (Å²) in [5.41, 5.74) is 8.35. The molecule has 0 fully saturated rings. The second-order valence-electron chi connectivity index (χ2n) is 4.33. The van der Waals surface area contributed by atoms with Gasteiger partial charge < -0.3 is 11.1 Å². The summed E-state index contributed by atoms with van der Waals surface area (Å²) in [6.07, 6.45) is 0. The molecular formula is C15H14FN3. The number of anilines is 2. The second kappa shape index (κ2) is 5.40. The zero-order valence-corrected chi connectivity index (χ0v) is 10.5. The third-order valence-electron chi connectivity index (χ3n) is 2.91. The average molecular weight is 255 g/mol. The monoisotopic (exact) mass is 255 g/mol. The second-order valence-corrected chi connectivity index (χ2v) is 4.33. The van der Waals surface area contributed by atoms with Crippen molar-refractivity contribution in [1.82, 2.24) is 0 Å². The first kappa shape index (κ1) is 12.9. The van der Waals surface area contributed by atoms with Crippen molar-refractivity contribution in [2.75, 3.05) is 11.1 Å². The smallest absolute Gasteiger partial charge is 0.123 e. The van der Waals surface area contributed by atoms with Crippen LogP contribution in [0.3, 0.4) is 0 Å². The zero-order chi connectivity index (χ0) is 13.8. The first-order chi connectivity index (χ1) is 9.10. The van der Waals surface area contributed by atoms with Gasteiger partial charge in [0.25, 0.3) is 0 Å². The number of hydrogen-bond acceptors (Lipinski definition) is 3. The van der Waals surface area contributed by atoms with E-state index in [0.29, 0.717) is 16.9 Å². The molecule has 0 heterocycles. The number of nitriles is 1. The van der Waals surface area contributed by atoms with Crippen molar-refractivity contribution in [2.24, 2.45) is 0 Å². The molecule has 4 heteroatoms. The highest BCUT2D eigenvalue weighted by Gasteiger charge is 2.08. The van der Waals surface area contributed by atoms with Gasteiger partial charge in [0, 0.05) is 11.7 Å². The Morgan fingerprint density at radius 3 is 2.53 bits per heavy atom. The molecule has 0 aliphatic carbocycles. The first-order valence-corrected chi connectivity index (χ1v) is 5.92. The summed E-state index contributed by atoms with van der Waals surface area (Å²) in [6.45, 7) is 1.95. The molecule has 2 rings (SSSR count). The van der Waals surface area contributed by atoms with Crippen LogP contribution in [0.4, 0.5) is 15.8 Å². The number of benzene rings is 2. The fourth-order valence-corrected chi connectivity index (χ4v) is 1.85. The Kier molecular flexibility index (Phi) is 3.67. The van der Waals surface area contributed by atoms with Crippen molar-refractivity contribution in [3.8, 4) is 6.07 Å². The molecule has 96 valence electrons. The minimum atomic E-state index is -0.263. The average Bonchev–Trinajstić information content (AvgIpc) is 2.41. The molecule has 2 aromatic carbocycles. The van der Waals surface area contributed by atoms with Crippen molar-refractivity contribution in [3.63, 3.8) is 0 Å². The van der Waals surface area contributed by atoms with Crippen LogP contribution in [0.25, 0.3) is 0 Å². The number of nitrogen functional groups attached to an aromatic ring is 1. The van der Waals surface area contributed by atoms with E-state index in [2.05, 4.69) is 11.4 Å². The van der Waals surface area contributed by atoms with Crippen LogP contribution in [-0.2, 0) is 0 Å². The molecule has 0 aliphatic rings. The van der Waals surface area contributed by atoms with Crippen LogP contribution in [0.15, 0.2) is 42.5 Å². The van der Waals surface area contributed by atoms with Crippen LogP contribution in [0, 0.1) is 17.1 Å². The van der Waals surface area contributed by atoms with Crippen LogP contribution in [0.1, 0.15) is 24.1 Å². The standard InChI is InChI=1S/C15H14FN3/c1-10(11-2-4-13(16)5-3-11)19-15-7-6-14(18)8-12(15)9-17/h2-8,10,19H,18H2,1H3. The predicted molar refractivity (Wildman–Crippen MR) is 74.0 cm³/mol. The van der Waals surface area contributed by atoms with E-state index in [1.165, 1.54) is 12.1 Å². The topological polar surface area (TPSA) is 61.8 Å². The highest BCUT2D eigenvalue weighted by molar-refractivity contribution is 5.63. The number of rotatable bonds is 3. The van der Waals surface area contributed by atoms with E-state index in [1.807, 2.05) is 6.92 Å². The Morgan fingerprint density at radius 1 is 1.21 bits per heavy atom. The van der Waals surface area contributed by atoms with Crippen molar-refractivity contribution in [1.29, 1.82) is 5.26 Å². The van der Waals surface area contributed by atoms with Crippen molar-refractivity contribution in [3.05, 3.63) is 59.4 Å². The molecule has 3 nitrogen and oxygen atoms in total. The SMILES string of the molecule is CC(Nc1ccc(N)cc1C#N)c1ccc(F)cc1. The third-order valence-corrected chi connectivity index (χ3v) is 2.91. The largest absolute Gasteiger partial charge is 0.399 e. The molecule has 0 saturated heterocycles. The van der Waals surface area contributed by atoms with Gasteiger partial charge >= 0.3 is 0 Å². The van der Waals surface area contributed by atoms with Gasteiger partial charge in [0.15, 0.2) is 0 Å². The third kappa shape index (κ3) is 3.02. The van der Waals surface area contributed by atoms with E-state index in [1.54, 1.807) is 30.3 Å². The van der Waals surface area contributed by atoms with E-state index < -0.39 is 0 Å². The van der Waals surface area contributed by atoms with Crippen LogP contribution >= 0.6 is 0 Å². The van der Waals surface area contributed by atoms with Crippen LogP contribution in [-0.4, -0.2) is 0 Å². The summed E-state index contributed by atoms with van der Waals surface area (Å²) in [4.78, 5) is 0. The summed E-state index contributed by atoms with van der Waals surface area (Å²) < 4.78 is 12.9. The van der Waals surface area contributed by atoms with Gasteiger partial charge in [-0.3, -0.25) is 0 Å². The minimum absolute atomic E-state index is 0.0312.